The number of carbonyl (C=O) groups excluding carboxylic acids is 1. The molecule has 1 aliphatic heterocycles. The first-order valence-corrected chi connectivity index (χ1v) is 6.79. The SMILES string of the molecule is COCC(O)CCNC(=O)N1C(C)CCCC1C. The Balaban J connectivity index is 2.31. The van der Waals surface area contributed by atoms with Gasteiger partial charge in [-0.05, 0) is 39.5 Å². The highest BCUT2D eigenvalue weighted by Gasteiger charge is 2.28. The number of hydrogen-bond donors (Lipinski definition) is 2. The Morgan fingerprint density at radius 3 is 2.61 bits per heavy atom. The number of ether oxygens (including phenoxy) is 1. The van der Waals surface area contributed by atoms with Gasteiger partial charge >= 0.3 is 6.03 Å². The Kier molecular flexibility index (Phi) is 6.43. The van der Waals surface area contributed by atoms with Crippen LogP contribution in [0.2, 0.25) is 0 Å². The van der Waals surface area contributed by atoms with Gasteiger partial charge in [0.25, 0.3) is 0 Å². The van der Waals surface area contributed by atoms with Crippen LogP contribution in [0.3, 0.4) is 0 Å². The Hall–Kier alpha value is -0.810. The van der Waals surface area contributed by atoms with Crippen molar-refractivity contribution in [2.75, 3.05) is 20.3 Å². The molecule has 3 atom stereocenters. The molecule has 0 aromatic heterocycles. The van der Waals surface area contributed by atoms with Gasteiger partial charge in [0.2, 0.25) is 0 Å². The predicted molar refractivity (Wildman–Crippen MR) is 70.5 cm³/mol. The van der Waals surface area contributed by atoms with Crippen LogP contribution >= 0.6 is 0 Å². The Labute approximate surface area is 109 Å². The number of methoxy groups -OCH3 is 1. The average Bonchev–Trinajstić information content (AvgIpc) is 2.29. The van der Waals surface area contributed by atoms with Crippen molar-refractivity contribution in [1.82, 2.24) is 10.2 Å². The highest BCUT2D eigenvalue weighted by Crippen LogP contribution is 2.22. The predicted octanol–water partition coefficient (Wildman–Crippen LogP) is 1.36. The van der Waals surface area contributed by atoms with Crippen LogP contribution in [-0.2, 0) is 4.74 Å². The zero-order valence-corrected chi connectivity index (χ0v) is 11.7. The Bertz CT molecular complexity index is 251. The third-order valence-electron chi connectivity index (χ3n) is 3.54. The molecule has 5 heteroatoms. The number of aliphatic hydroxyl groups excluding tert-OH is 1. The lowest BCUT2D eigenvalue weighted by Gasteiger charge is -2.39. The average molecular weight is 258 g/mol. The van der Waals surface area contributed by atoms with Crippen LogP contribution in [0.25, 0.3) is 0 Å². The molecule has 2 amide bonds. The summed E-state index contributed by atoms with van der Waals surface area (Å²) in [5.74, 6) is 0. The van der Waals surface area contributed by atoms with Crippen LogP contribution in [-0.4, -0.2) is 54.5 Å². The van der Waals surface area contributed by atoms with Gasteiger partial charge < -0.3 is 20.1 Å². The van der Waals surface area contributed by atoms with E-state index in [-0.39, 0.29) is 6.03 Å². The summed E-state index contributed by atoms with van der Waals surface area (Å²) in [5.41, 5.74) is 0. The van der Waals surface area contributed by atoms with Gasteiger partial charge in [-0.25, -0.2) is 4.79 Å². The lowest BCUT2D eigenvalue weighted by Crippen LogP contribution is -2.52. The number of piperidine rings is 1. The van der Waals surface area contributed by atoms with Gasteiger partial charge in [0.05, 0.1) is 12.7 Å². The van der Waals surface area contributed by atoms with Crippen LogP contribution in [0.1, 0.15) is 39.5 Å². The third-order valence-corrected chi connectivity index (χ3v) is 3.54. The van der Waals surface area contributed by atoms with E-state index in [9.17, 15) is 9.90 Å². The molecule has 3 unspecified atom stereocenters. The van der Waals surface area contributed by atoms with Crippen LogP contribution in [0.15, 0.2) is 0 Å². The van der Waals surface area contributed by atoms with Gasteiger partial charge in [-0.15, -0.1) is 0 Å². The largest absolute Gasteiger partial charge is 0.391 e. The molecule has 1 saturated heterocycles. The van der Waals surface area contributed by atoms with Crippen molar-refractivity contribution in [1.29, 1.82) is 0 Å². The zero-order chi connectivity index (χ0) is 13.5. The minimum absolute atomic E-state index is 0.0145. The Morgan fingerprint density at radius 1 is 1.44 bits per heavy atom. The maximum Gasteiger partial charge on any atom is 0.317 e. The minimum atomic E-state index is -0.508. The molecule has 5 nitrogen and oxygen atoms in total. The number of likely N-dealkylation sites (tertiary alicyclic amines) is 1. The van der Waals surface area contributed by atoms with Gasteiger partial charge in [-0.2, -0.15) is 0 Å². The molecule has 1 aliphatic rings. The first kappa shape index (κ1) is 15.2. The fourth-order valence-electron chi connectivity index (χ4n) is 2.53. The highest BCUT2D eigenvalue weighted by molar-refractivity contribution is 5.74. The number of aliphatic hydroxyl groups is 1. The number of hydrogen-bond acceptors (Lipinski definition) is 3. The maximum atomic E-state index is 12.1. The quantitative estimate of drug-likeness (QED) is 0.782. The van der Waals surface area contributed by atoms with Crippen LogP contribution in [0.5, 0.6) is 0 Å². The van der Waals surface area contributed by atoms with Crippen molar-refractivity contribution in [3.63, 3.8) is 0 Å². The highest BCUT2D eigenvalue weighted by atomic mass is 16.5. The number of urea groups is 1. The second kappa shape index (κ2) is 7.59. The molecule has 0 aliphatic carbocycles. The summed E-state index contributed by atoms with van der Waals surface area (Å²) in [6.45, 7) is 4.98. The molecule has 18 heavy (non-hydrogen) atoms. The van der Waals surface area contributed by atoms with E-state index in [4.69, 9.17) is 4.74 Å². The third kappa shape index (κ3) is 4.46. The molecule has 0 bridgehead atoms. The molecule has 1 heterocycles. The van der Waals surface area contributed by atoms with Crippen LogP contribution < -0.4 is 5.32 Å². The maximum absolute atomic E-state index is 12.1. The number of amides is 2. The molecular formula is C13H26N2O3. The first-order valence-electron chi connectivity index (χ1n) is 6.79. The van der Waals surface area contributed by atoms with E-state index in [1.807, 2.05) is 4.90 Å². The second-order valence-electron chi connectivity index (χ2n) is 5.17. The molecule has 0 aromatic rings. The summed E-state index contributed by atoms with van der Waals surface area (Å²) in [6.07, 6.45) is 3.36. The number of nitrogens with zero attached hydrogens (tertiary/aromatic N) is 1. The van der Waals surface area contributed by atoms with Gasteiger partial charge in [0.1, 0.15) is 0 Å². The summed E-state index contributed by atoms with van der Waals surface area (Å²) >= 11 is 0. The number of rotatable bonds is 5. The molecule has 106 valence electrons. The molecule has 0 radical (unpaired) electrons. The van der Waals surface area contributed by atoms with E-state index in [2.05, 4.69) is 19.2 Å². The monoisotopic (exact) mass is 258 g/mol. The summed E-state index contributed by atoms with van der Waals surface area (Å²) in [4.78, 5) is 14.0. The smallest absolute Gasteiger partial charge is 0.317 e. The van der Waals surface area contributed by atoms with Crippen molar-refractivity contribution in [2.24, 2.45) is 0 Å². The first-order chi connectivity index (χ1) is 8.56. The van der Waals surface area contributed by atoms with E-state index in [1.54, 1.807) is 7.11 Å². The molecule has 0 spiro atoms. The molecule has 1 fully saturated rings. The molecule has 2 N–H and O–H groups in total. The van der Waals surface area contributed by atoms with Gasteiger partial charge in [-0.1, -0.05) is 0 Å². The van der Waals surface area contributed by atoms with Gasteiger partial charge in [0, 0.05) is 25.7 Å². The van der Waals surface area contributed by atoms with Gasteiger partial charge in [0.15, 0.2) is 0 Å². The minimum Gasteiger partial charge on any atom is -0.391 e. The number of nitrogens with one attached hydrogen (secondary N) is 1. The lowest BCUT2D eigenvalue weighted by molar-refractivity contribution is 0.0590. The second-order valence-corrected chi connectivity index (χ2v) is 5.17. The number of carbonyl (C=O) groups is 1. The van der Waals surface area contributed by atoms with Gasteiger partial charge in [-0.3, -0.25) is 0 Å². The van der Waals surface area contributed by atoms with Crippen molar-refractivity contribution < 1.29 is 14.6 Å². The van der Waals surface area contributed by atoms with E-state index >= 15 is 0 Å². The van der Waals surface area contributed by atoms with Crippen molar-refractivity contribution in [2.45, 2.75) is 57.7 Å². The van der Waals surface area contributed by atoms with E-state index in [0.717, 1.165) is 12.8 Å². The zero-order valence-electron chi connectivity index (χ0n) is 11.7. The molecule has 0 aromatic carbocycles. The van der Waals surface area contributed by atoms with E-state index in [0.29, 0.717) is 31.7 Å². The topological polar surface area (TPSA) is 61.8 Å². The van der Waals surface area contributed by atoms with Crippen LogP contribution in [0.4, 0.5) is 4.79 Å². The molecular weight excluding hydrogens is 232 g/mol. The van der Waals surface area contributed by atoms with Crippen LogP contribution in [0, 0.1) is 0 Å². The summed E-state index contributed by atoms with van der Waals surface area (Å²) in [7, 11) is 1.55. The summed E-state index contributed by atoms with van der Waals surface area (Å²) in [6, 6.07) is 0.592. The summed E-state index contributed by atoms with van der Waals surface area (Å²) < 4.78 is 4.84. The standard InChI is InChI=1S/C13H26N2O3/c1-10-5-4-6-11(2)15(10)13(17)14-8-7-12(16)9-18-3/h10-12,16H,4-9H2,1-3H3,(H,14,17). The fourth-order valence-corrected chi connectivity index (χ4v) is 2.53. The molecule has 0 saturated carbocycles. The summed E-state index contributed by atoms with van der Waals surface area (Å²) in [5, 5.41) is 12.4. The Morgan fingerprint density at radius 2 is 2.06 bits per heavy atom. The van der Waals surface area contributed by atoms with Crippen molar-refractivity contribution in [3.8, 4) is 0 Å². The normalized spacial score (nSPS) is 25.9. The fraction of sp³-hybridized carbons (Fsp3) is 0.923. The lowest BCUT2D eigenvalue weighted by atomic mass is 9.98. The molecule has 1 rings (SSSR count). The van der Waals surface area contributed by atoms with E-state index < -0.39 is 6.10 Å². The van der Waals surface area contributed by atoms with E-state index in [1.165, 1.54) is 6.42 Å². The van der Waals surface area contributed by atoms with Crippen molar-refractivity contribution in [3.05, 3.63) is 0 Å². The van der Waals surface area contributed by atoms with Crippen molar-refractivity contribution >= 4 is 6.03 Å².